The average molecular weight is 367 g/mol. The van der Waals surface area contributed by atoms with E-state index in [0.29, 0.717) is 16.0 Å². The van der Waals surface area contributed by atoms with Crippen LogP contribution in [-0.4, -0.2) is 43.1 Å². The van der Waals surface area contributed by atoms with Crippen LogP contribution in [0.15, 0.2) is 52.7 Å². The lowest BCUT2D eigenvalue weighted by molar-refractivity contribution is -0.864. The molecule has 1 aromatic carbocycles. The van der Waals surface area contributed by atoms with E-state index < -0.39 is 5.97 Å². The molecule has 0 aliphatic heterocycles. The number of nitrogens with two attached hydrogens (primary N) is 2. The number of carbonyl (C=O) groups is 1. The first-order valence-electron chi connectivity index (χ1n) is 7.16. The molecule has 0 aliphatic carbocycles. The van der Waals surface area contributed by atoms with E-state index in [1.165, 1.54) is 0 Å². The largest absolute Gasteiger partial charge is 0.544 e. The topological polar surface area (TPSA) is 130 Å². The second-order valence-corrected chi connectivity index (χ2v) is 6.00. The molecule has 0 atom stereocenters. The van der Waals surface area contributed by atoms with E-state index in [4.69, 9.17) is 11.5 Å². The first-order chi connectivity index (χ1) is 11.2. The number of carboxylic acid groups (broad SMARTS) is 1. The van der Waals surface area contributed by atoms with E-state index in [1.54, 1.807) is 33.3 Å². The van der Waals surface area contributed by atoms with Crippen molar-refractivity contribution in [2.75, 3.05) is 39.2 Å². The summed E-state index contributed by atoms with van der Waals surface area (Å²) in [7, 11) is 5.40. The number of likely N-dealkylation sites (N-methyl/N-ethyl adjacent to an activating group) is 1. The summed E-state index contributed by atoms with van der Waals surface area (Å²) in [5.41, 5.74) is 12.4. The van der Waals surface area contributed by atoms with Gasteiger partial charge in [-0.05, 0) is 24.3 Å². The Bertz CT molecular complexity index is 702. The van der Waals surface area contributed by atoms with Crippen molar-refractivity contribution < 1.29 is 14.4 Å². The second-order valence-electron chi connectivity index (χ2n) is 6.00. The molecular weight excluding hydrogens is 344 g/mol. The predicted octanol–water partition coefficient (Wildman–Crippen LogP) is 1.53. The number of carbonyl (C=O) groups excluding carboxylic acids is 1. The van der Waals surface area contributed by atoms with Crippen molar-refractivity contribution in [3.8, 4) is 0 Å². The van der Waals surface area contributed by atoms with Crippen LogP contribution in [0, 0.1) is 0 Å². The van der Waals surface area contributed by atoms with Gasteiger partial charge in [0.15, 0.2) is 5.82 Å². The zero-order chi connectivity index (χ0) is 18.2. The number of pyridine rings is 1. The molecule has 0 amide bonds. The standard InChI is InChI=1S/C11H11N5.C5H11NO2.ClH/c12-10-7-6-9(11(13)14-10)16-15-8-4-2-1-3-5-8;1-6(2,3)4-5(7)8;/h1-7H,(H4,12,13,14);4H2,1-3H3;1H/b16-15+;;. The van der Waals surface area contributed by atoms with Crippen molar-refractivity contribution >= 4 is 41.4 Å². The van der Waals surface area contributed by atoms with Crippen LogP contribution in [0.25, 0.3) is 0 Å². The van der Waals surface area contributed by atoms with E-state index in [1.807, 2.05) is 30.3 Å². The van der Waals surface area contributed by atoms with Crippen LogP contribution in [0.1, 0.15) is 0 Å². The van der Waals surface area contributed by atoms with Crippen molar-refractivity contribution in [3.63, 3.8) is 0 Å². The predicted molar refractivity (Wildman–Crippen MR) is 98.8 cm³/mol. The fourth-order valence-corrected chi connectivity index (χ4v) is 1.56. The first kappa shape index (κ1) is 22.3. The van der Waals surface area contributed by atoms with Crippen LogP contribution in [0.3, 0.4) is 0 Å². The molecule has 8 nitrogen and oxygen atoms in total. The molecule has 2 aromatic rings. The van der Waals surface area contributed by atoms with Crippen LogP contribution in [0.2, 0.25) is 0 Å². The van der Waals surface area contributed by atoms with E-state index in [9.17, 15) is 9.90 Å². The number of nitrogens with zero attached hydrogens (tertiary/aromatic N) is 4. The average Bonchev–Trinajstić information content (AvgIpc) is 2.45. The fraction of sp³-hybridized carbons (Fsp3) is 0.250. The number of carboxylic acids is 1. The monoisotopic (exact) mass is 366 g/mol. The molecule has 1 heterocycles. The van der Waals surface area contributed by atoms with Crippen molar-refractivity contribution in [1.29, 1.82) is 0 Å². The number of rotatable bonds is 4. The van der Waals surface area contributed by atoms with Crippen molar-refractivity contribution in [1.82, 2.24) is 4.98 Å². The summed E-state index contributed by atoms with van der Waals surface area (Å²) >= 11 is 0. The Morgan fingerprint density at radius 2 is 1.68 bits per heavy atom. The molecule has 0 unspecified atom stereocenters. The smallest absolute Gasteiger partial charge is 0.153 e. The Morgan fingerprint density at radius 3 is 2.12 bits per heavy atom. The summed E-state index contributed by atoms with van der Waals surface area (Å²) < 4.78 is 0.419. The van der Waals surface area contributed by atoms with Crippen molar-refractivity contribution in [2.45, 2.75) is 0 Å². The minimum Gasteiger partial charge on any atom is -0.544 e. The molecule has 0 radical (unpaired) electrons. The number of azo groups is 1. The zero-order valence-electron chi connectivity index (χ0n) is 14.4. The summed E-state index contributed by atoms with van der Waals surface area (Å²) in [5.74, 6) is -0.353. The van der Waals surface area contributed by atoms with Crippen LogP contribution in [0.4, 0.5) is 23.0 Å². The maximum absolute atomic E-state index is 9.89. The molecule has 136 valence electrons. The Balaban J connectivity index is 0.000000552. The molecule has 0 bridgehead atoms. The maximum atomic E-state index is 9.89. The number of quaternary nitrogens is 1. The summed E-state index contributed by atoms with van der Waals surface area (Å²) in [4.78, 5) is 13.8. The Labute approximate surface area is 153 Å². The molecule has 25 heavy (non-hydrogen) atoms. The highest BCUT2D eigenvalue weighted by atomic mass is 35.5. The van der Waals surface area contributed by atoms with Gasteiger partial charge in [-0.3, -0.25) is 0 Å². The molecule has 0 fully saturated rings. The molecule has 0 saturated carbocycles. The van der Waals surface area contributed by atoms with E-state index in [2.05, 4.69) is 15.2 Å². The molecule has 4 N–H and O–H groups in total. The lowest BCUT2D eigenvalue weighted by Crippen LogP contribution is -2.45. The van der Waals surface area contributed by atoms with Crippen molar-refractivity contribution in [2.24, 2.45) is 10.2 Å². The van der Waals surface area contributed by atoms with Gasteiger partial charge in [-0.2, -0.15) is 5.11 Å². The zero-order valence-corrected chi connectivity index (χ0v) is 15.2. The van der Waals surface area contributed by atoms with Gasteiger partial charge in [0.25, 0.3) is 0 Å². The maximum Gasteiger partial charge on any atom is 0.153 e. The van der Waals surface area contributed by atoms with Gasteiger partial charge in [-0.1, -0.05) is 18.2 Å². The van der Waals surface area contributed by atoms with E-state index >= 15 is 0 Å². The fourth-order valence-electron chi connectivity index (χ4n) is 1.56. The molecule has 2 rings (SSSR count). The number of hydrogen-bond acceptors (Lipinski definition) is 7. The van der Waals surface area contributed by atoms with Gasteiger partial charge in [0.2, 0.25) is 0 Å². The molecule has 0 aliphatic rings. The third-order valence-corrected chi connectivity index (χ3v) is 2.56. The highest BCUT2D eigenvalue weighted by Crippen LogP contribution is 2.23. The van der Waals surface area contributed by atoms with Crippen LogP contribution in [-0.2, 0) is 4.79 Å². The lowest BCUT2D eigenvalue weighted by atomic mass is 10.3. The Kier molecular flexibility index (Phi) is 9.11. The molecule has 0 saturated heterocycles. The summed E-state index contributed by atoms with van der Waals surface area (Å²) in [6.07, 6.45) is 0. The van der Waals surface area contributed by atoms with Gasteiger partial charge in [0, 0.05) is 0 Å². The number of nitrogen functional groups attached to an aromatic ring is 2. The Morgan fingerprint density at radius 1 is 1.08 bits per heavy atom. The van der Waals surface area contributed by atoms with Crippen LogP contribution in [0.5, 0.6) is 0 Å². The summed E-state index contributed by atoms with van der Waals surface area (Å²) in [6, 6.07) is 12.7. The second kappa shape index (κ2) is 10.2. The van der Waals surface area contributed by atoms with Gasteiger partial charge < -0.3 is 25.9 Å². The quantitative estimate of drug-likeness (QED) is 0.625. The molecular formula is C16H23ClN6O2. The number of halogens is 1. The minimum atomic E-state index is -1.00. The lowest BCUT2D eigenvalue weighted by Gasteiger charge is -2.23. The SMILES string of the molecule is C[N+](C)(C)CC(=O)[O-].Cl.Nc1ccc(/N=N/c2ccccc2)c(N)n1. The van der Waals surface area contributed by atoms with Gasteiger partial charge in [0.05, 0.1) is 32.8 Å². The number of benzene rings is 1. The van der Waals surface area contributed by atoms with Gasteiger partial charge in [-0.15, -0.1) is 17.5 Å². The summed E-state index contributed by atoms with van der Waals surface area (Å²) in [5, 5.41) is 17.9. The third kappa shape index (κ3) is 9.90. The minimum absolute atomic E-state index is 0. The molecule has 0 spiro atoms. The van der Waals surface area contributed by atoms with E-state index in [-0.39, 0.29) is 24.8 Å². The Hall–Kier alpha value is -2.71. The highest BCUT2D eigenvalue weighted by Gasteiger charge is 2.04. The van der Waals surface area contributed by atoms with Gasteiger partial charge >= 0.3 is 0 Å². The van der Waals surface area contributed by atoms with Crippen LogP contribution >= 0.6 is 12.4 Å². The number of hydrogen-bond donors (Lipinski definition) is 2. The molecule has 9 heteroatoms. The third-order valence-electron chi connectivity index (χ3n) is 2.56. The summed E-state index contributed by atoms with van der Waals surface area (Å²) in [6.45, 7) is 0.0694. The number of aliphatic carboxylic acids is 1. The van der Waals surface area contributed by atoms with Crippen molar-refractivity contribution in [3.05, 3.63) is 42.5 Å². The van der Waals surface area contributed by atoms with E-state index in [0.717, 1.165) is 5.69 Å². The molecule has 1 aromatic heterocycles. The first-order valence-corrected chi connectivity index (χ1v) is 7.16. The normalized spacial score (nSPS) is 10.5. The number of anilines is 2. The highest BCUT2D eigenvalue weighted by molar-refractivity contribution is 5.85. The number of aromatic nitrogens is 1. The van der Waals surface area contributed by atoms with Gasteiger partial charge in [0.1, 0.15) is 18.1 Å². The van der Waals surface area contributed by atoms with Crippen LogP contribution < -0.4 is 16.6 Å². The van der Waals surface area contributed by atoms with Gasteiger partial charge in [-0.25, -0.2) is 4.98 Å².